The van der Waals surface area contributed by atoms with E-state index in [0.717, 1.165) is 36.6 Å². The molecular formula is C19H27Cl2N3O2S. The van der Waals surface area contributed by atoms with Gasteiger partial charge in [-0.2, -0.15) is 0 Å². The maximum atomic E-state index is 12.5. The molecule has 27 heavy (non-hydrogen) atoms. The molecule has 1 aromatic carbocycles. The van der Waals surface area contributed by atoms with Crippen LogP contribution in [0.2, 0.25) is 0 Å². The maximum Gasteiger partial charge on any atom is 0.251 e. The van der Waals surface area contributed by atoms with Crippen molar-refractivity contribution in [2.75, 3.05) is 19.6 Å². The van der Waals surface area contributed by atoms with Crippen molar-refractivity contribution in [1.29, 1.82) is 0 Å². The van der Waals surface area contributed by atoms with Gasteiger partial charge in [-0.1, -0.05) is 13.0 Å². The van der Waals surface area contributed by atoms with Crippen molar-refractivity contribution in [2.45, 2.75) is 33.3 Å². The van der Waals surface area contributed by atoms with Crippen molar-refractivity contribution in [1.82, 2.24) is 15.6 Å². The fourth-order valence-corrected chi connectivity index (χ4v) is 3.56. The minimum atomic E-state index is -0.0466. The van der Waals surface area contributed by atoms with E-state index in [-0.39, 0.29) is 36.1 Å². The van der Waals surface area contributed by atoms with E-state index >= 15 is 0 Å². The number of hydrogen-bond donors (Lipinski definition) is 2. The van der Waals surface area contributed by atoms with Crippen LogP contribution in [0.1, 0.15) is 40.8 Å². The van der Waals surface area contributed by atoms with Crippen LogP contribution in [0.25, 0.3) is 0 Å². The van der Waals surface area contributed by atoms with E-state index in [1.165, 1.54) is 0 Å². The average Bonchev–Trinajstić information content (AvgIpc) is 3.04. The first kappa shape index (κ1) is 23.7. The summed E-state index contributed by atoms with van der Waals surface area (Å²) in [4.78, 5) is 16.8. The number of halogens is 2. The number of piperidine rings is 1. The van der Waals surface area contributed by atoms with E-state index in [1.54, 1.807) is 17.4 Å². The zero-order valence-corrected chi connectivity index (χ0v) is 18.1. The molecule has 1 aliphatic heterocycles. The van der Waals surface area contributed by atoms with Crippen molar-refractivity contribution in [3.63, 3.8) is 0 Å². The predicted octanol–water partition coefficient (Wildman–Crippen LogP) is 3.99. The lowest BCUT2D eigenvalue weighted by Gasteiger charge is -2.34. The number of nitrogens with one attached hydrogen (secondary N) is 2. The highest BCUT2D eigenvalue weighted by molar-refractivity contribution is 7.09. The number of amides is 1. The third-order valence-electron chi connectivity index (χ3n) is 4.64. The van der Waals surface area contributed by atoms with E-state index in [2.05, 4.69) is 22.5 Å². The molecular weight excluding hydrogens is 405 g/mol. The lowest BCUT2D eigenvalue weighted by atomic mass is 9.81. The Balaban J connectivity index is 0.00000182. The number of carbonyl (C=O) groups is 1. The number of aromatic nitrogens is 1. The summed E-state index contributed by atoms with van der Waals surface area (Å²) >= 11 is 1.61. The Morgan fingerprint density at radius 3 is 2.74 bits per heavy atom. The highest BCUT2D eigenvalue weighted by atomic mass is 35.5. The van der Waals surface area contributed by atoms with Gasteiger partial charge in [-0.25, -0.2) is 4.98 Å². The van der Waals surface area contributed by atoms with Crippen LogP contribution in [-0.4, -0.2) is 30.5 Å². The Bertz CT molecular complexity index is 733. The third kappa shape index (κ3) is 6.96. The molecule has 3 rings (SSSR count). The van der Waals surface area contributed by atoms with E-state index in [9.17, 15) is 4.79 Å². The predicted molar refractivity (Wildman–Crippen MR) is 115 cm³/mol. The molecule has 150 valence electrons. The Morgan fingerprint density at radius 2 is 2.07 bits per heavy atom. The fourth-order valence-electron chi connectivity index (χ4n) is 2.96. The van der Waals surface area contributed by atoms with Gasteiger partial charge in [0.25, 0.3) is 5.91 Å². The minimum Gasteiger partial charge on any atom is -0.487 e. The van der Waals surface area contributed by atoms with Crippen LogP contribution in [0.4, 0.5) is 0 Å². The lowest BCUT2D eigenvalue weighted by molar-refractivity contribution is 0.0922. The summed E-state index contributed by atoms with van der Waals surface area (Å²) in [5.41, 5.74) is 1.72. The number of thiazole rings is 1. The second-order valence-electron chi connectivity index (χ2n) is 6.92. The molecule has 0 aliphatic carbocycles. The molecule has 5 nitrogen and oxygen atoms in total. The third-order valence-corrected chi connectivity index (χ3v) is 5.46. The number of aryl methyl sites for hydroxylation is 1. The zero-order valence-electron chi connectivity index (χ0n) is 15.6. The molecule has 0 radical (unpaired) electrons. The summed E-state index contributed by atoms with van der Waals surface area (Å²) in [7, 11) is 0. The topological polar surface area (TPSA) is 63.2 Å². The Morgan fingerprint density at radius 1 is 1.33 bits per heavy atom. The second-order valence-corrected chi connectivity index (χ2v) is 7.98. The molecule has 1 aliphatic rings. The largest absolute Gasteiger partial charge is 0.487 e. The maximum absolute atomic E-state index is 12.5. The highest BCUT2D eigenvalue weighted by Gasteiger charge is 2.27. The van der Waals surface area contributed by atoms with Gasteiger partial charge in [0.05, 0.1) is 10.7 Å². The molecule has 0 saturated carbocycles. The van der Waals surface area contributed by atoms with Crippen molar-refractivity contribution >= 4 is 42.1 Å². The van der Waals surface area contributed by atoms with Gasteiger partial charge >= 0.3 is 0 Å². The van der Waals surface area contributed by atoms with Gasteiger partial charge in [-0.3, -0.25) is 4.79 Å². The lowest BCUT2D eigenvalue weighted by Crippen LogP contribution is -2.42. The molecule has 2 aromatic rings. The summed E-state index contributed by atoms with van der Waals surface area (Å²) < 4.78 is 5.77. The molecule has 1 amide bonds. The van der Waals surface area contributed by atoms with E-state index in [1.807, 2.05) is 30.5 Å². The first-order valence-electron chi connectivity index (χ1n) is 8.67. The summed E-state index contributed by atoms with van der Waals surface area (Å²) in [5.74, 6) is 0.640. The second kappa shape index (κ2) is 10.9. The summed E-state index contributed by atoms with van der Waals surface area (Å²) in [6.45, 7) is 7.38. The minimum absolute atomic E-state index is 0. The fraction of sp³-hybridized carbons (Fsp3) is 0.474. The van der Waals surface area contributed by atoms with Crippen molar-refractivity contribution in [3.05, 3.63) is 45.9 Å². The molecule has 2 N–H and O–H groups in total. The van der Waals surface area contributed by atoms with Crippen LogP contribution in [0.3, 0.4) is 0 Å². The van der Waals surface area contributed by atoms with Gasteiger partial charge in [0, 0.05) is 17.5 Å². The number of rotatable bonds is 6. The molecule has 0 bridgehead atoms. The van der Waals surface area contributed by atoms with Crippen molar-refractivity contribution in [2.24, 2.45) is 5.41 Å². The average molecular weight is 432 g/mol. The SMILES string of the molecule is Cc1nc(COc2cccc(C(=O)NCC3(C)CCNCC3)c2)cs1.Cl.Cl. The van der Waals surface area contributed by atoms with Gasteiger partial charge < -0.3 is 15.4 Å². The van der Waals surface area contributed by atoms with Gasteiger partial charge in [0.1, 0.15) is 12.4 Å². The van der Waals surface area contributed by atoms with Crippen LogP contribution < -0.4 is 15.4 Å². The standard InChI is InChI=1S/C19H25N3O2S.2ClH/c1-14-22-16(12-25-14)11-24-17-5-3-4-15(10-17)18(23)21-13-19(2)6-8-20-9-7-19;;/h3-5,10,12,20H,6-9,11,13H2,1-2H3,(H,21,23);2*1H. The van der Waals surface area contributed by atoms with E-state index in [0.29, 0.717) is 24.5 Å². The Hall–Kier alpha value is -1.34. The van der Waals surface area contributed by atoms with Crippen LogP contribution in [0.15, 0.2) is 29.6 Å². The van der Waals surface area contributed by atoms with Crippen LogP contribution in [0, 0.1) is 12.3 Å². The molecule has 0 spiro atoms. The number of carbonyl (C=O) groups excluding carboxylic acids is 1. The van der Waals surface area contributed by atoms with Gasteiger partial charge in [-0.15, -0.1) is 36.2 Å². The van der Waals surface area contributed by atoms with Crippen LogP contribution in [-0.2, 0) is 6.61 Å². The smallest absolute Gasteiger partial charge is 0.251 e. The summed E-state index contributed by atoms with van der Waals surface area (Å²) in [5, 5.41) is 9.46. The molecule has 1 saturated heterocycles. The molecule has 0 atom stereocenters. The molecule has 8 heteroatoms. The molecule has 1 fully saturated rings. The highest BCUT2D eigenvalue weighted by Crippen LogP contribution is 2.27. The van der Waals surface area contributed by atoms with Crippen LogP contribution >= 0.6 is 36.2 Å². The van der Waals surface area contributed by atoms with Gasteiger partial charge in [-0.05, 0) is 56.5 Å². The Kier molecular flexibility index (Phi) is 9.53. The number of hydrogen-bond acceptors (Lipinski definition) is 5. The monoisotopic (exact) mass is 431 g/mol. The van der Waals surface area contributed by atoms with Gasteiger partial charge in [0.2, 0.25) is 0 Å². The molecule has 2 heterocycles. The summed E-state index contributed by atoms with van der Waals surface area (Å²) in [6.07, 6.45) is 2.17. The van der Waals surface area contributed by atoms with Gasteiger partial charge in [0.15, 0.2) is 0 Å². The van der Waals surface area contributed by atoms with Crippen molar-refractivity contribution < 1.29 is 9.53 Å². The number of benzene rings is 1. The normalized spacial score (nSPS) is 15.2. The van der Waals surface area contributed by atoms with E-state index in [4.69, 9.17) is 4.74 Å². The zero-order chi connectivity index (χ0) is 17.7. The van der Waals surface area contributed by atoms with E-state index < -0.39 is 0 Å². The molecule has 1 aromatic heterocycles. The number of ether oxygens (including phenoxy) is 1. The first-order chi connectivity index (χ1) is 12.0. The first-order valence-corrected chi connectivity index (χ1v) is 9.55. The van der Waals surface area contributed by atoms with Crippen molar-refractivity contribution in [3.8, 4) is 5.75 Å². The quantitative estimate of drug-likeness (QED) is 0.725. The Labute approximate surface area is 177 Å². The summed E-state index contributed by atoms with van der Waals surface area (Å²) in [6, 6.07) is 7.33. The number of nitrogens with zero attached hydrogens (tertiary/aromatic N) is 1. The van der Waals surface area contributed by atoms with Crippen LogP contribution in [0.5, 0.6) is 5.75 Å². The molecule has 0 unspecified atom stereocenters.